The van der Waals surface area contributed by atoms with Crippen LogP contribution in [0.4, 0.5) is 0 Å². The highest BCUT2D eigenvalue weighted by molar-refractivity contribution is 4.48. The molecular formula is C9H29N5. The summed E-state index contributed by atoms with van der Waals surface area (Å²) in [6.45, 7) is 7.79. The second kappa shape index (κ2) is 18.6. The Bertz CT molecular complexity index is 65.6. The number of hydrogen-bond acceptors (Lipinski definition) is 5. The maximum absolute atomic E-state index is 5.17. The molecule has 10 N–H and O–H groups in total. The Hall–Kier alpha value is -0.200. The largest absolute Gasteiger partial charge is 0.330 e. The van der Waals surface area contributed by atoms with Gasteiger partial charge >= 0.3 is 0 Å². The number of nitrogens with two attached hydrogens (primary N) is 5. The zero-order valence-electron chi connectivity index (χ0n) is 9.87. The molecule has 0 fully saturated rings. The van der Waals surface area contributed by atoms with E-state index in [1.54, 1.807) is 0 Å². The van der Waals surface area contributed by atoms with Gasteiger partial charge < -0.3 is 28.7 Å². The molecule has 5 nitrogen and oxygen atoms in total. The molecule has 0 bridgehead atoms. The SMILES string of the molecule is CC(N)CN.CC(N)CN.CCCN. The van der Waals surface area contributed by atoms with E-state index in [2.05, 4.69) is 6.92 Å². The van der Waals surface area contributed by atoms with Crippen molar-refractivity contribution in [3.8, 4) is 0 Å². The fourth-order valence-corrected chi connectivity index (χ4v) is 0. The van der Waals surface area contributed by atoms with Gasteiger partial charge in [0.2, 0.25) is 0 Å². The van der Waals surface area contributed by atoms with E-state index in [1.165, 1.54) is 0 Å². The molecular weight excluding hydrogens is 178 g/mol. The van der Waals surface area contributed by atoms with Gasteiger partial charge in [0.15, 0.2) is 0 Å². The predicted molar refractivity (Wildman–Crippen MR) is 64.8 cm³/mol. The molecule has 5 heteroatoms. The topological polar surface area (TPSA) is 130 Å². The van der Waals surface area contributed by atoms with Gasteiger partial charge in [-0.3, -0.25) is 0 Å². The highest BCUT2D eigenvalue weighted by atomic mass is 14.7. The van der Waals surface area contributed by atoms with Crippen LogP contribution in [0.25, 0.3) is 0 Å². The third kappa shape index (κ3) is 59.7. The predicted octanol–water partition coefficient (Wildman–Crippen LogP) is -1.06. The summed E-state index contributed by atoms with van der Waals surface area (Å²) in [7, 11) is 0. The zero-order valence-corrected chi connectivity index (χ0v) is 9.87. The van der Waals surface area contributed by atoms with Gasteiger partial charge in [0.05, 0.1) is 0 Å². The van der Waals surface area contributed by atoms with Crippen molar-refractivity contribution in [3.63, 3.8) is 0 Å². The second-order valence-electron chi connectivity index (χ2n) is 3.21. The van der Waals surface area contributed by atoms with E-state index in [1.807, 2.05) is 13.8 Å². The van der Waals surface area contributed by atoms with Crippen molar-refractivity contribution in [3.05, 3.63) is 0 Å². The lowest BCUT2D eigenvalue weighted by molar-refractivity contribution is 0.752. The molecule has 90 valence electrons. The summed E-state index contributed by atoms with van der Waals surface area (Å²) in [5.41, 5.74) is 25.5. The highest BCUT2D eigenvalue weighted by Gasteiger charge is 1.80. The van der Waals surface area contributed by atoms with Crippen molar-refractivity contribution in [1.82, 2.24) is 0 Å². The van der Waals surface area contributed by atoms with Crippen LogP contribution in [0, 0.1) is 0 Å². The smallest absolute Gasteiger partial charge is 0.0134 e. The molecule has 0 heterocycles. The first kappa shape index (κ1) is 19.4. The molecule has 0 amide bonds. The van der Waals surface area contributed by atoms with Gasteiger partial charge in [0.1, 0.15) is 0 Å². The molecule has 0 aliphatic rings. The third-order valence-corrected chi connectivity index (χ3v) is 1.03. The Labute approximate surface area is 88.4 Å². The van der Waals surface area contributed by atoms with Crippen molar-refractivity contribution >= 4 is 0 Å². The molecule has 0 aromatic carbocycles. The van der Waals surface area contributed by atoms with Crippen LogP contribution < -0.4 is 28.7 Å². The molecule has 0 radical (unpaired) electrons. The molecule has 0 aromatic rings. The van der Waals surface area contributed by atoms with Crippen LogP contribution >= 0.6 is 0 Å². The molecule has 2 unspecified atom stereocenters. The molecule has 14 heavy (non-hydrogen) atoms. The van der Waals surface area contributed by atoms with Gasteiger partial charge in [-0.15, -0.1) is 0 Å². The lowest BCUT2D eigenvalue weighted by atomic mass is 10.4. The lowest BCUT2D eigenvalue weighted by Gasteiger charge is -1.92. The minimum atomic E-state index is 0.162. The average molecular weight is 207 g/mol. The maximum atomic E-state index is 5.17. The van der Waals surface area contributed by atoms with E-state index in [9.17, 15) is 0 Å². The second-order valence-corrected chi connectivity index (χ2v) is 3.21. The molecule has 0 rings (SSSR count). The molecule has 0 aliphatic carbocycles. The molecule has 0 spiro atoms. The summed E-state index contributed by atoms with van der Waals surface area (Å²) in [5.74, 6) is 0. The van der Waals surface area contributed by atoms with Crippen LogP contribution in [-0.2, 0) is 0 Å². The van der Waals surface area contributed by atoms with Crippen LogP contribution in [0.1, 0.15) is 27.2 Å². The normalized spacial score (nSPS) is 12.9. The van der Waals surface area contributed by atoms with Crippen molar-refractivity contribution < 1.29 is 0 Å². The highest BCUT2D eigenvalue weighted by Crippen LogP contribution is 1.59. The minimum Gasteiger partial charge on any atom is -0.330 e. The fourth-order valence-electron chi connectivity index (χ4n) is 0. The Balaban J connectivity index is -0.000000131. The van der Waals surface area contributed by atoms with Gasteiger partial charge in [0.25, 0.3) is 0 Å². The Morgan fingerprint density at radius 1 is 0.857 bits per heavy atom. The van der Waals surface area contributed by atoms with Gasteiger partial charge in [-0.2, -0.15) is 0 Å². The number of rotatable bonds is 3. The van der Waals surface area contributed by atoms with E-state index in [4.69, 9.17) is 28.7 Å². The summed E-state index contributed by atoms with van der Waals surface area (Å²) in [6, 6.07) is 0.324. The van der Waals surface area contributed by atoms with Gasteiger partial charge in [-0.05, 0) is 26.8 Å². The molecule has 0 aromatic heterocycles. The standard InChI is InChI=1S/2C3H10N2.C3H9N/c2*1-3(5)2-4;1-2-3-4/h2*3H,2,4-5H2,1H3;2-4H2,1H3. The molecule has 0 saturated carbocycles. The summed E-state index contributed by atoms with van der Waals surface area (Å²) < 4.78 is 0. The maximum Gasteiger partial charge on any atom is 0.0134 e. The minimum absolute atomic E-state index is 0.162. The van der Waals surface area contributed by atoms with Crippen molar-refractivity contribution in [2.75, 3.05) is 19.6 Å². The van der Waals surface area contributed by atoms with E-state index in [0.29, 0.717) is 13.1 Å². The Morgan fingerprint density at radius 2 is 1.00 bits per heavy atom. The fraction of sp³-hybridized carbons (Fsp3) is 1.00. The first-order valence-corrected chi connectivity index (χ1v) is 5.07. The Kier molecular flexibility index (Phi) is 25.7. The van der Waals surface area contributed by atoms with E-state index in [-0.39, 0.29) is 12.1 Å². The average Bonchev–Trinajstić information content (AvgIpc) is 2.19. The van der Waals surface area contributed by atoms with Crippen LogP contribution in [0.2, 0.25) is 0 Å². The van der Waals surface area contributed by atoms with Crippen LogP contribution in [0.3, 0.4) is 0 Å². The first-order chi connectivity index (χ1) is 6.45. The first-order valence-electron chi connectivity index (χ1n) is 5.07. The van der Waals surface area contributed by atoms with Gasteiger partial charge in [0, 0.05) is 25.2 Å². The van der Waals surface area contributed by atoms with E-state index >= 15 is 0 Å². The van der Waals surface area contributed by atoms with Crippen LogP contribution in [0.15, 0.2) is 0 Å². The van der Waals surface area contributed by atoms with E-state index < -0.39 is 0 Å². The number of hydrogen-bond donors (Lipinski definition) is 5. The monoisotopic (exact) mass is 207 g/mol. The zero-order chi connectivity index (χ0) is 12.0. The van der Waals surface area contributed by atoms with Crippen LogP contribution in [0.5, 0.6) is 0 Å². The Morgan fingerprint density at radius 3 is 1.00 bits per heavy atom. The van der Waals surface area contributed by atoms with Gasteiger partial charge in [-0.25, -0.2) is 0 Å². The van der Waals surface area contributed by atoms with Crippen molar-refractivity contribution in [2.45, 2.75) is 39.3 Å². The summed E-state index contributed by atoms with van der Waals surface area (Å²) >= 11 is 0. The van der Waals surface area contributed by atoms with Crippen LogP contribution in [-0.4, -0.2) is 31.7 Å². The molecule has 0 aliphatic heterocycles. The van der Waals surface area contributed by atoms with E-state index in [0.717, 1.165) is 13.0 Å². The van der Waals surface area contributed by atoms with Gasteiger partial charge in [-0.1, -0.05) is 6.92 Å². The molecule has 2 atom stereocenters. The quantitative estimate of drug-likeness (QED) is 0.403. The summed E-state index contributed by atoms with van der Waals surface area (Å²) in [5, 5.41) is 0. The third-order valence-electron chi connectivity index (χ3n) is 1.03. The van der Waals surface area contributed by atoms with Crippen molar-refractivity contribution in [2.24, 2.45) is 28.7 Å². The summed E-state index contributed by atoms with van der Waals surface area (Å²) in [4.78, 5) is 0. The molecule has 0 saturated heterocycles. The summed E-state index contributed by atoms with van der Waals surface area (Å²) in [6.07, 6.45) is 1.10. The van der Waals surface area contributed by atoms with Crippen molar-refractivity contribution in [1.29, 1.82) is 0 Å². The lowest BCUT2D eigenvalue weighted by Crippen LogP contribution is -2.25.